The van der Waals surface area contributed by atoms with Gasteiger partial charge < -0.3 is 15.0 Å². The van der Waals surface area contributed by atoms with Crippen LogP contribution >= 0.6 is 11.6 Å². The number of unbranched alkanes of at least 4 members (excludes halogenated alkanes) is 1. The number of morpholine rings is 1. The summed E-state index contributed by atoms with van der Waals surface area (Å²) in [6.07, 6.45) is 1.21. The van der Waals surface area contributed by atoms with E-state index in [2.05, 4.69) is 12.2 Å². The first kappa shape index (κ1) is 16.8. The van der Waals surface area contributed by atoms with Crippen molar-refractivity contribution in [2.75, 3.05) is 20.2 Å². The summed E-state index contributed by atoms with van der Waals surface area (Å²) in [6, 6.07) is 6.68. The molecule has 1 saturated heterocycles. The van der Waals surface area contributed by atoms with Crippen LogP contribution in [0.2, 0.25) is 5.02 Å². The fourth-order valence-corrected chi connectivity index (χ4v) is 2.60. The fraction of sp³-hybridized carbons (Fsp3) is 0.500. The molecule has 6 heteroatoms. The first-order chi connectivity index (χ1) is 10.5. The van der Waals surface area contributed by atoms with Crippen LogP contribution in [0.15, 0.2) is 24.3 Å². The van der Waals surface area contributed by atoms with Crippen molar-refractivity contribution < 1.29 is 14.3 Å². The number of benzene rings is 1. The van der Waals surface area contributed by atoms with E-state index in [0.717, 1.165) is 18.4 Å². The fourth-order valence-electron chi connectivity index (χ4n) is 2.48. The molecule has 0 saturated carbocycles. The largest absolute Gasteiger partial charge is 0.356 e. The van der Waals surface area contributed by atoms with Gasteiger partial charge in [-0.3, -0.25) is 9.59 Å². The summed E-state index contributed by atoms with van der Waals surface area (Å²) in [4.78, 5) is 25.9. The number of carbonyl (C=O) groups is 2. The molecule has 0 radical (unpaired) electrons. The summed E-state index contributed by atoms with van der Waals surface area (Å²) in [5.74, 6) is -0.328. The van der Waals surface area contributed by atoms with Crippen LogP contribution in [0.25, 0.3) is 0 Å². The molecule has 1 aromatic rings. The molecule has 5 nitrogen and oxygen atoms in total. The van der Waals surface area contributed by atoms with E-state index in [1.54, 1.807) is 24.1 Å². The van der Waals surface area contributed by atoms with Crippen molar-refractivity contribution >= 4 is 23.4 Å². The van der Waals surface area contributed by atoms with Gasteiger partial charge in [0.15, 0.2) is 6.10 Å². The van der Waals surface area contributed by atoms with E-state index in [4.69, 9.17) is 16.3 Å². The Kier molecular flexibility index (Phi) is 5.80. The third-order valence-corrected chi connectivity index (χ3v) is 4.04. The average Bonchev–Trinajstić information content (AvgIpc) is 2.51. The number of hydrogen-bond donors (Lipinski definition) is 1. The lowest BCUT2D eigenvalue weighted by molar-refractivity contribution is -0.162. The summed E-state index contributed by atoms with van der Waals surface area (Å²) in [7, 11) is 1.69. The smallest absolute Gasteiger partial charge is 0.251 e. The van der Waals surface area contributed by atoms with Gasteiger partial charge in [0.05, 0.1) is 6.04 Å². The Morgan fingerprint density at radius 1 is 1.41 bits per heavy atom. The summed E-state index contributed by atoms with van der Waals surface area (Å²) in [5.41, 5.74) is 0.829. The van der Waals surface area contributed by atoms with Crippen LogP contribution in [0.5, 0.6) is 0 Å². The van der Waals surface area contributed by atoms with Crippen LogP contribution in [0.3, 0.4) is 0 Å². The molecule has 1 aliphatic heterocycles. The quantitative estimate of drug-likeness (QED) is 0.844. The van der Waals surface area contributed by atoms with Gasteiger partial charge in [0.25, 0.3) is 5.91 Å². The molecule has 2 amide bonds. The zero-order valence-corrected chi connectivity index (χ0v) is 13.6. The normalized spacial score (nSPS) is 21.8. The second-order valence-electron chi connectivity index (χ2n) is 5.38. The predicted octanol–water partition coefficient (Wildman–Crippen LogP) is 2.15. The van der Waals surface area contributed by atoms with Gasteiger partial charge in [-0.05, 0) is 24.1 Å². The van der Waals surface area contributed by atoms with Crippen LogP contribution < -0.4 is 5.32 Å². The second kappa shape index (κ2) is 7.61. The number of likely N-dealkylation sites (N-methyl/N-ethyl adjacent to an activating group) is 1. The van der Waals surface area contributed by atoms with Crippen molar-refractivity contribution in [2.45, 2.75) is 31.9 Å². The third-order valence-electron chi connectivity index (χ3n) is 3.78. The van der Waals surface area contributed by atoms with Gasteiger partial charge >= 0.3 is 0 Å². The standard InChI is InChI=1S/C16H21ClN2O3/c1-3-4-9-18-16(21)15-14(19(2)13(20)10-22-15)11-5-7-12(17)8-6-11/h5-8,14-15H,3-4,9-10H2,1-2H3,(H,18,21)/t14-,15+/m1/s1. The molecule has 1 heterocycles. The maximum atomic E-state index is 12.4. The first-order valence-electron chi connectivity index (χ1n) is 7.45. The molecule has 1 fully saturated rings. The van der Waals surface area contributed by atoms with Crippen molar-refractivity contribution in [1.29, 1.82) is 0 Å². The SMILES string of the molecule is CCCCNC(=O)[C@H]1OCC(=O)N(C)[C@@H]1c1ccc(Cl)cc1. The molecule has 0 unspecified atom stereocenters. The minimum atomic E-state index is -0.708. The highest BCUT2D eigenvalue weighted by molar-refractivity contribution is 6.30. The third kappa shape index (κ3) is 3.78. The minimum Gasteiger partial charge on any atom is -0.356 e. The number of halogens is 1. The number of ether oxygens (including phenoxy) is 1. The molecule has 2 rings (SSSR count). The topological polar surface area (TPSA) is 58.6 Å². The van der Waals surface area contributed by atoms with Gasteiger partial charge in [-0.1, -0.05) is 37.1 Å². The van der Waals surface area contributed by atoms with Crippen LogP contribution in [-0.2, 0) is 14.3 Å². The van der Waals surface area contributed by atoms with E-state index in [1.165, 1.54) is 0 Å². The first-order valence-corrected chi connectivity index (χ1v) is 7.82. The van der Waals surface area contributed by atoms with Gasteiger partial charge in [-0.25, -0.2) is 0 Å². The lowest BCUT2D eigenvalue weighted by Gasteiger charge is -2.38. The van der Waals surface area contributed by atoms with Crippen molar-refractivity contribution in [3.8, 4) is 0 Å². The van der Waals surface area contributed by atoms with Gasteiger partial charge in [0.1, 0.15) is 6.61 Å². The zero-order valence-electron chi connectivity index (χ0n) is 12.8. The highest BCUT2D eigenvalue weighted by Gasteiger charge is 2.39. The number of amides is 2. The van der Waals surface area contributed by atoms with Gasteiger partial charge in [-0.2, -0.15) is 0 Å². The highest BCUT2D eigenvalue weighted by Crippen LogP contribution is 2.30. The Labute approximate surface area is 135 Å². The molecule has 0 spiro atoms. The van der Waals surface area contributed by atoms with E-state index >= 15 is 0 Å². The van der Waals surface area contributed by atoms with Crippen LogP contribution in [0.4, 0.5) is 0 Å². The van der Waals surface area contributed by atoms with Crippen molar-refractivity contribution in [2.24, 2.45) is 0 Å². The molecule has 1 aromatic carbocycles. The Balaban J connectivity index is 2.20. The van der Waals surface area contributed by atoms with Crippen LogP contribution in [0, 0.1) is 0 Å². The Morgan fingerprint density at radius 3 is 2.73 bits per heavy atom. The number of nitrogens with one attached hydrogen (secondary N) is 1. The van der Waals surface area contributed by atoms with Gasteiger partial charge in [0.2, 0.25) is 5.91 Å². The van der Waals surface area contributed by atoms with Crippen LogP contribution in [-0.4, -0.2) is 43.0 Å². The lowest BCUT2D eigenvalue weighted by Crippen LogP contribution is -2.53. The summed E-state index contributed by atoms with van der Waals surface area (Å²) >= 11 is 5.91. The van der Waals surface area contributed by atoms with E-state index in [0.29, 0.717) is 11.6 Å². The summed E-state index contributed by atoms with van der Waals surface area (Å²) in [5, 5.41) is 3.48. The molecule has 1 aliphatic rings. The number of nitrogens with zero attached hydrogens (tertiary/aromatic N) is 1. The molecule has 0 bridgehead atoms. The molecule has 22 heavy (non-hydrogen) atoms. The number of carbonyl (C=O) groups excluding carboxylic acids is 2. The highest BCUT2D eigenvalue weighted by atomic mass is 35.5. The maximum absolute atomic E-state index is 12.4. The molecular formula is C16H21ClN2O3. The average molecular weight is 325 g/mol. The van der Waals surface area contributed by atoms with Gasteiger partial charge in [-0.15, -0.1) is 0 Å². The van der Waals surface area contributed by atoms with Gasteiger partial charge in [0, 0.05) is 18.6 Å². The van der Waals surface area contributed by atoms with Crippen molar-refractivity contribution in [3.05, 3.63) is 34.9 Å². The monoisotopic (exact) mass is 324 g/mol. The van der Waals surface area contributed by atoms with Crippen LogP contribution in [0.1, 0.15) is 31.4 Å². The van der Waals surface area contributed by atoms with E-state index in [1.807, 2.05) is 12.1 Å². The van der Waals surface area contributed by atoms with E-state index < -0.39 is 12.1 Å². The summed E-state index contributed by atoms with van der Waals surface area (Å²) in [6.45, 7) is 2.60. The Morgan fingerprint density at radius 2 is 2.09 bits per heavy atom. The molecule has 0 aliphatic carbocycles. The molecule has 0 aromatic heterocycles. The van der Waals surface area contributed by atoms with Crippen molar-refractivity contribution in [1.82, 2.24) is 10.2 Å². The Hall–Kier alpha value is -1.59. The second-order valence-corrected chi connectivity index (χ2v) is 5.81. The zero-order chi connectivity index (χ0) is 16.1. The van der Waals surface area contributed by atoms with E-state index in [-0.39, 0.29) is 18.4 Å². The number of rotatable bonds is 5. The van der Waals surface area contributed by atoms with Crippen molar-refractivity contribution in [3.63, 3.8) is 0 Å². The summed E-state index contributed by atoms with van der Waals surface area (Å²) < 4.78 is 5.51. The lowest BCUT2D eigenvalue weighted by atomic mass is 9.97. The molecule has 120 valence electrons. The van der Waals surface area contributed by atoms with E-state index in [9.17, 15) is 9.59 Å². The number of hydrogen-bond acceptors (Lipinski definition) is 3. The molecule has 2 atom stereocenters. The minimum absolute atomic E-state index is 0.0769. The molecular weight excluding hydrogens is 304 g/mol. The molecule has 1 N–H and O–H groups in total. The maximum Gasteiger partial charge on any atom is 0.251 e. The predicted molar refractivity (Wildman–Crippen MR) is 84.6 cm³/mol. The Bertz CT molecular complexity index is 533.